The second kappa shape index (κ2) is 5.75. The number of hydrogen-bond acceptors (Lipinski definition) is 1. The molecule has 0 saturated carbocycles. The Balaban J connectivity index is 2.24. The first-order chi connectivity index (χ1) is 8.66. The lowest BCUT2D eigenvalue weighted by atomic mass is 10.2. The standard InChI is InChI=1S/C13H12FNO2S/c14-12-6-8-13(9-7-12)15(18(16)17)10-11-4-2-1-3-5-11/h1-9H,10H2,(H,16,17). The molecule has 0 spiro atoms. The summed E-state index contributed by atoms with van der Waals surface area (Å²) < 4.78 is 34.7. The second-order valence-electron chi connectivity index (χ2n) is 3.73. The molecule has 1 N–H and O–H groups in total. The van der Waals surface area contributed by atoms with Crippen LogP contribution in [0.1, 0.15) is 5.56 Å². The van der Waals surface area contributed by atoms with Gasteiger partial charge in [0.1, 0.15) is 5.82 Å². The number of nitrogens with zero attached hydrogens (tertiary/aromatic N) is 1. The summed E-state index contributed by atoms with van der Waals surface area (Å²) in [4.78, 5) is 0. The molecule has 18 heavy (non-hydrogen) atoms. The van der Waals surface area contributed by atoms with Crippen molar-refractivity contribution in [1.29, 1.82) is 0 Å². The average Bonchev–Trinajstić information content (AvgIpc) is 2.38. The van der Waals surface area contributed by atoms with E-state index in [1.165, 1.54) is 28.6 Å². The summed E-state index contributed by atoms with van der Waals surface area (Å²) in [6.07, 6.45) is 0. The smallest absolute Gasteiger partial charge is 0.262 e. The fourth-order valence-electron chi connectivity index (χ4n) is 1.59. The van der Waals surface area contributed by atoms with Gasteiger partial charge in [0.25, 0.3) is 11.3 Å². The monoisotopic (exact) mass is 265 g/mol. The Hall–Kier alpha value is -1.72. The van der Waals surface area contributed by atoms with Crippen molar-refractivity contribution in [2.75, 3.05) is 4.31 Å². The van der Waals surface area contributed by atoms with Crippen molar-refractivity contribution in [3.8, 4) is 0 Å². The first-order valence-electron chi connectivity index (χ1n) is 5.35. The number of benzene rings is 2. The highest BCUT2D eigenvalue weighted by Gasteiger charge is 2.12. The predicted octanol–water partition coefficient (Wildman–Crippen LogP) is 2.97. The molecule has 94 valence electrons. The first kappa shape index (κ1) is 12.7. The van der Waals surface area contributed by atoms with Crippen LogP contribution in [0.4, 0.5) is 10.1 Å². The zero-order valence-corrected chi connectivity index (χ0v) is 10.3. The minimum atomic E-state index is -2.15. The van der Waals surface area contributed by atoms with E-state index in [0.717, 1.165) is 5.56 Å². The maximum absolute atomic E-state index is 12.8. The van der Waals surface area contributed by atoms with Crippen LogP contribution in [0, 0.1) is 5.82 Å². The Morgan fingerprint density at radius 3 is 2.22 bits per heavy atom. The van der Waals surface area contributed by atoms with E-state index in [0.29, 0.717) is 5.69 Å². The highest BCUT2D eigenvalue weighted by molar-refractivity contribution is 7.80. The van der Waals surface area contributed by atoms with E-state index in [2.05, 4.69) is 0 Å². The minimum absolute atomic E-state index is 0.287. The van der Waals surface area contributed by atoms with E-state index in [1.807, 2.05) is 30.3 Å². The molecule has 0 bridgehead atoms. The highest BCUT2D eigenvalue weighted by Crippen LogP contribution is 2.19. The van der Waals surface area contributed by atoms with Crippen molar-refractivity contribution in [2.24, 2.45) is 0 Å². The molecule has 0 fully saturated rings. The molecular weight excluding hydrogens is 253 g/mol. The SMILES string of the molecule is O=S(O)N(Cc1ccccc1)c1ccc(F)cc1. The molecule has 5 heteroatoms. The topological polar surface area (TPSA) is 40.5 Å². The average molecular weight is 265 g/mol. The maximum Gasteiger partial charge on any atom is 0.262 e. The van der Waals surface area contributed by atoms with Crippen molar-refractivity contribution in [2.45, 2.75) is 6.54 Å². The molecule has 0 aliphatic heterocycles. The molecule has 0 heterocycles. The van der Waals surface area contributed by atoms with Crippen LogP contribution in [-0.4, -0.2) is 8.76 Å². The van der Waals surface area contributed by atoms with Gasteiger partial charge in [-0.25, -0.2) is 8.60 Å². The van der Waals surface area contributed by atoms with E-state index in [9.17, 15) is 13.2 Å². The van der Waals surface area contributed by atoms with Gasteiger partial charge in [0.2, 0.25) is 0 Å². The Morgan fingerprint density at radius 2 is 1.67 bits per heavy atom. The van der Waals surface area contributed by atoms with Crippen molar-refractivity contribution in [3.05, 3.63) is 66.0 Å². The lowest BCUT2D eigenvalue weighted by molar-refractivity contribution is 0.558. The van der Waals surface area contributed by atoms with E-state index in [4.69, 9.17) is 0 Å². The van der Waals surface area contributed by atoms with Gasteiger partial charge in [-0.2, -0.15) is 0 Å². The molecule has 2 aromatic carbocycles. The number of anilines is 1. The lowest BCUT2D eigenvalue weighted by Gasteiger charge is -2.19. The van der Waals surface area contributed by atoms with Gasteiger partial charge in [-0.05, 0) is 29.8 Å². The third-order valence-electron chi connectivity index (χ3n) is 2.47. The molecule has 1 atom stereocenters. The van der Waals surface area contributed by atoms with Crippen LogP contribution in [-0.2, 0) is 17.8 Å². The fraction of sp³-hybridized carbons (Fsp3) is 0.0769. The van der Waals surface area contributed by atoms with Crippen molar-refractivity contribution in [3.63, 3.8) is 0 Å². The van der Waals surface area contributed by atoms with Crippen LogP contribution in [0.3, 0.4) is 0 Å². The highest BCUT2D eigenvalue weighted by atomic mass is 32.2. The van der Waals surface area contributed by atoms with Gasteiger partial charge in [0.15, 0.2) is 0 Å². The van der Waals surface area contributed by atoms with Gasteiger partial charge in [0, 0.05) is 0 Å². The molecular formula is C13H12FNO2S. The van der Waals surface area contributed by atoms with Crippen LogP contribution in [0.25, 0.3) is 0 Å². The number of hydrogen-bond donors (Lipinski definition) is 1. The summed E-state index contributed by atoms with van der Waals surface area (Å²) in [5.41, 5.74) is 1.41. The Kier molecular flexibility index (Phi) is 4.07. The molecule has 1 unspecified atom stereocenters. The zero-order chi connectivity index (χ0) is 13.0. The third-order valence-corrected chi connectivity index (χ3v) is 3.19. The number of halogens is 1. The van der Waals surface area contributed by atoms with E-state index >= 15 is 0 Å². The Labute approximate surface area is 107 Å². The van der Waals surface area contributed by atoms with Crippen LogP contribution < -0.4 is 4.31 Å². The van der Waals surface area contributed by atoms with Crippen LogP contribution in [0.2, 0.25) is 0 Å². The van der Waals surface area contributed by atoms with Crippen molar-refractivity contribution >= 4 is 17.0 Å². The number of rotatable bonds is 4. The summed E-state index contributed by atoms with van der Waals surface area (Å²) >= 11 is -2.15. The molecule has 3 nitrogen and oxygen atoms in total. The van der Waals surface area contributed by atoms with E-state index in [-0.39, 0.29) is 12.4 Å². The van der Waals surface area contributed by atoms with E-state index in [1.54, 1.807) is 0 Å². The van der Waals surface area contributed by atoms with Gasteiger partial charge >= 0.3 is 0 Å². The van der Waals surface area contributed by atoms with Crippen LogP contribution in [0.15, 0.2) is 54.6 Å². The summed E-state index contributed by atoms with van der Waals surface area (Å²) in [5, 5.41) is 0. The van der Waals surface area contributed by atoms with Gasteiger partial charge in [0.05, 0.1) is 12.2 Å². The Bertz CT molecular complexity index is 530. The Morgan fingerprint density at radius 1 is 1.06 bits per heavy atom. The molecule has 0 radical (unpaired) electrons. The van der Waals surface area contributed by atoms with Crippen molar-refractivity contribution < 1.29 is 13.2 Å². The summed E-state index contributed by atoms with van der Waals surface area (Å²) in [5.74, 6) is -0.373. The van der Waals surface area contributed by atoms with Gasteiger partial charge in [-0.3, -0.25) is 8.86 Å². The lowest BCUT2D eigenvalue weighted by Crippen LogP contribution is -2.24. The summed E-state index contributed by atoms with van der Waals surface area (Å²) in [6.45, 7) is 0.287. The molecule has 0 aromatic heterocycles. The maximum atomic E-state index is 12.8. The fourth-order valence-corrected chi connectivity index (χ4v) is 2.15. The predicted molar refractivity (Wildman–Crippen MR) is 69.8 cm³/mol. The summed E-state index contributed by atoms with van der Waals surface area (Å²) in [7, 11) is 0. The zero-order valence-electron chi connectivity index (χ0n) is 9.49. The molecule has 2 aromatic rings. The normalized spacial score (nSPS) is 12.1. The third kappa shape index (κ3) is 3.15. The van der Waals surface area contributed by atoms with Gasteiger partial charge in [-0.15, -0.1) is 0 Å². The van der Waals surface area contributed by atoms with Crippen molar-refractivity contribution in [1.82, 2.24) is 0 Å². The minimum Gasteiger partial charge on any atom is -0.289 e. The first-order valence-corrected chi connectivity index (χ1v) is 6.41. The van der Waals surface area contributed by atoms with Crippen LogP contribution >= 0.6 is 0 Å². The molecule has 2 rings (SSSR count). The van der Waals surface area contributed by atoms with Crippen LogP contribution in [0.5, 0.6) is 0 Å². The molecule has 0 saturated heterocycles. The second-order valence-corrected chi connectivity index (χ2v) is 4.63. The quantitative estimate of drug-likeness (QED) is 0.863. The molecule has 0 aliphatic carbocycles. The van der Waals surface area contributed by atoms with Gasteiger partial charge < -0.3 is 0 Å². The van der Waals surface area contributed by atoms with E-state index < -0.39 is 11.3 Å². The largest absolute Gasteiger partial charge is 0.289 e. The van der Waals surface area contributed by atoms with Gasteiger partial charge in [-0.1, -0.05) is 30.3 Å². The summed E-state index contributed by atoms with van der Waals surface area (Å²) in [6, 6.07) is 14.8. The molecule has 0 aliphatic rings. The molecule has 0 amide bonds.